The molecular weight excluding hydrogens is 176 g/mol. The number of aliphatic hydroxyl groups is 1. The van der Waals surface area contributed by atoms with Crippen LogP contribution in [0, 0.1) is 0 Å². The monoisotopic (exact) mass is 192 g/mol. The van der Waals surface area contributed by atoms with Crippen molar-refractivity contribution in [3.8, 4) is 0 Å². The number of Topliss-reactive ketones (excluding diaryl/α,β-unsaturated/α-hetero) is 1. The molecule has 0 atom stereocenters. The van der Waals surface area contributed by atoms with E-state index >= 15 is 0 Å². The summed E-state index contributed by atoms with van der Waals surface area (Å²) in [5.74, 6) is -0.206. The van der Waals surface area contributed by atoms with Crippen molar-refractivity contribution in [2.75, 3.05) is 6.61 Å². The van der Waals surface area contributed by atoms with Gasteiger partial charge in [0.25, 0.3) is 0 Å². The van der Waals surface area contributed by atoms with Crippen LogP contribution in [0.3, 0.4) is 0 Å². The van der Waals surface area contributed by atoms with Gasteiger partial charge in [0, 0.05) is 5.56 Å². The summed E-state index contributed by atoms with van der Waals surface area (Å²) in [4.78, 5) is 11.2. The van der Waals surface area contributed by atoms with Gasteiger partial charge in [-0.2, -0.15) is 0 Å². The highest BCUT2D eigenvalue weighted by Gasteiger charge is 2.06. The topological polar surface area (TPSA) is 37.3 Å². The van der Waals surface area contributed by atoms with Crippen LogP contribution in [0.1, 0.15) is 35.3 Å². The third-order valence-electron chi connectivity index (χ3n) is 2.43. The lowest BCUT2D eigenvalue weighted by molar-refractivity contribution is 0.0903. The summed E-state index contributed by atoms with van der Waals surface area (Å²) in [6.07, 6.45) is 1.91. The van der Waals surface area contributed by atoms with Crippen molar-refractivity contribution in [3.63, 3.8) is 0 Å². The first-order valence-electron chi connectivity index (χ1n) is 4.98. The number of carbonyl (C=O) groups is 1. The first-order chi connectivity index (χ1) is 6.72. The molecule has 0 unspecified atom stereocenters. The smallest absolute Gasteiger partial charge is 0.188 e. The lowest BCUT2D eigenvalue weighted by Crippen LogP contribution is -2.05. The molecule has 0 heterocycles. The van der Waals surface area contributed by atoms with Crippen LogP contribution >= 0.6 is 0 Å². The van der Waals surface area contributed by atoms with Crippen LogP contribution in [-0.4, -0.2) is 17.5 Å². The van der Waals surface area contributed by atoms with E-state index in [1.807, 2.05) is 12.1 Å². The number of hydrogen-bond donors (Lipinski definition) is 1. The maximum absolute atomic E-state index is 11.2. The Bertz CT molecular complexity index is 329. The van der Waals surface area contributed by atoms with Crippen LogP contribution in [0.25, 0.3) is 0 Å². The average Bonchev–Trinajstić information content (AvgIpc) is 2.26. The molecule has 0 saturated heterocycles. The van der Waals surface area contributed by atoms with E-state index < -0.39 is 6.61 Å². The third-order valence-corrected chi connectivity index (χ3v) is 2.43. The second-order valence-electron chi connectivity index (χ2n) is 3.27. The number of aliphatic hydroxyl groups excluding tert-OH is 1. The van der Waals surface area contributed by atoms with Gasteiger partial charge in [0.1, 0.15) is 6.61 Å². The van der Waals surface area contributed by atoms with Gasteiger partial charge in [0.15, 0.2) is 5.78 Å². The summed E-state index contributed by atoms with van der Waals surface area (Å²) in [6, 6.07) is 5.65. The fraction of sp³-hybridized carbons (Fsp3) is 0.417. The Morgan fingerprint density at radius 3 is 2.36 bits per heavy atom. The van der Waals surface area contributed by atoms with E-state index in [9.17, 15) is 4.79 Å². The minimum Gasteiger partial charge on any atom is -0.388 e. The zero-order chi connectivity index (χ0) is 10.6. The van der Waals surface area contributed by atoms with Crippen LogP contribution in [0.4, 0.5) is 0 Å². The SMILES string of the molecule is CCc1ccc(C(=O)CO)cc1CC. The molecule has 0 aliphatic heterocycles. The van der Waals surface area contributed by atoms with Crippen molar-refractivity contribution in [1.29, 1.82) is 0 Å². The van der Waals surface area contributed by atoms with E-state index in [2.05, 4.69) is 13.8 Å². The summed E-state index contributed by atoms with van der Waals surface area (Å²) in [5.41, 5.74) is 3.09. The first-order valence-corrected chi connectivity index (χ1v) is 4.98. The maximum Gasteiger partial charge on any atom is 0.188 e. The second-order valence-corrected chi connectivity index (χ2v) is 3.27. The molecule has 2 nitrogen and oxygen atoms in total. The maximum atomic E-state index is 11.2. The van der Waals surface area contributed by atoms with Crippen LogP contribution < -0.4 is 0 Å². The zero-order valence-corrected chi connectivity index (χ0v) is 8.71. The molecule has 1 N–H and O–H groups in total. The Balaban J connectivity index is 3.07. The fourth-order valence-corrected chi connectivity index (χ4v) is 1.56. The van der Waals surface area contributed by atoms with Gasteiger partial charge >= 0.3 is 0 Å². The number of benzene rings is 1. The molecule has 14 heavy (non-hydrogen) atoms. The summed E-state index contributed by atoms with van der Waals surface area (Å²) < 4.78 is 0. The second kappa shape index (κ2) is 4.91. The molecule has 0 spiro atoms. The van der Waals surface area contributed by atoms with Crippen molar-refractivity contribution in [1.82, 2.24) is 0 Å². The Labute approximate surface area is 84.6 Å². The predicted molar refractivity (Wildman–Crippen MR) is 56.6 cm³/mol. The molecular formula is C12H16O2. The number of carbonyl (C=O) groups excluding carboxylic acids is 1. The van der Waals surface area contributed by atoms with Crippen molar-refractivity contribution in [3.05, 3.63) is 34.9 Å². The van der Waals surface area contributed by atoms with E-state index in [4.69, 9.17) is 5.11 Å². The Hall–Kier alpha value is -1.15. The van der Waals surface area contributed by atoms with Crippen LogP contribution in [0.2, 0.25) is 0 Å². The van der Waals surface area contributed by atoms with Gasteiger partial charge in [-0.3, -0.25) is 4.79 Å². The van der Waals surface area contributed by atoms with Gasteiger partial charge < -0.3 is 5.11 Å². The first kappa shape index (κ1) is 10.9. The highest BCUT2D eigenvalue weighted by molar-refractivity contribution is 5.97. The Morgan fingerprint density at radius 1 is 1.21 bits per heavy atom. The number of aryl methyl sites for hydroxylation is 2. The molecule has 0 aliphatic carbocycles. The van der Waals surface area contributed by atoms with Gasteiger partial charge in [-0.05, 0) is 30.0 Å². The standard InChI is InChI=1S/C12H16O2/c1-3-9-5-6-11(12(14)8-13)7-10(9)4-2/h5-7,13H,3-4,8H2,1-2H3. The van der Waals surface area contributed by atoms with Gasteiger partial charge in [0.2, 0.25) is 0 Å². The summed E-state index contributed by atoms with van der Waals surface area (Å²) >= 11 is 0. The molecule has 2 heteroatoms. The van der Waals surface area contributed by atoms with E-state index in [0.717, 1.165) is 12.8 Å². The lowest BCUT2D eigenvalue weighted by Gasteiger charge is -2.07. The van der Waals surface area contributed by atoms with Gasteiger partial charge in [-0.25, -0.2) is 0 Å². The van der Waals surface area contributed by atoms with E-state index in [-0.39, 0.29) is 5.78 Å². The summed E-state index contributed by atoms with van der Waals surface area (Å²) in [5, 5.41) is 8.73. The Kier molecular flexibility index (Phi) is 3.84. The third kappa shape index (κ3) is 2.20. The summed E-state index contributed by atoms with van der Waals surface area (Å²) in [7, 11) is 0. The Morgan fingerprint density at radius 2 is 1.86 bits per heavy atom. The quantitative estimate of drug-likeness (QED) is 0.741. The van der Waals surface area contributed by atoms with Gasteiger partial charge in [-0.1, -0.05) is 26.0 Å². The molecule has 1 aromatic rings. The lowest BCUT2D eigenvalue weighted by atomic mass is 9.98. The number of hydrogen-bond acceptors (Lipinski definition) is 2. The molecule has 0 fully saturated rings. The van der Waals surface area contributed by atoms with Crippen LogP contribution in [0.15, 0.2) is 18.2 Å². The normalized spacial score (nSPS) is 10.2. The van der Waals surface area contributed by atoms with E-state index in [1.165, 1.54) is 11.1 Å². The molecule has 1 aromatic carbocycles. The number of rotatable bonds is 4. The molecule has 76 valence electrons. The summed E-state index contributed by atoms with van der Waals surface area (Å²) in [6.45, 7) is 3.76. The molecule has 0 bridgehead atoms. The molecule has 0 aromatic heterocycles. The van der Waals surface area contributed by atoms with Crippen molar-refractivity contribution < 1.29 is 9.90 Å². The zero-order valence-electron chi connectivity index (χ0n) is 8.71. The highest BCUT2D eigenvalue weighted by Crippen LogP contribution is 2.14. The predicted octanol–water partition coefficient (Wildman–Crippen LogP) is 1.99. The minimum absolute atomic E-state index is 0.206. The van der Waals surface area contributed by atoms with Crippen molar-refractivity contribution >= 4 is 5.78 Å². The molecule has 0 aliphatic rings. The molecule has 0 radical (unpaired) electrons. The van der Waals surface area contributed by atoms with Crippen molar-refractivity contribution in [2.45, 2.75) is 26.7 Å². The highest BCUT2D eigenvalue weighted by atomic mass is 16.3. The molecule has 0 saturated carbocycles. The minimum atomic E-state index is -0.408. The van der Waals surface area contributed by atoms with E-state index in [0.29, 0.717) is 5.56 Å². The van der Waals surface area contributed by atoms with Gasteiger partial charge in [0.05, 0.1) is 0 Å². The molecule has 1 rings (SSSR count). The fourth-order valence-electron chi connectivity index (χ4n) is 1.56. The molecule has 0 amide bonds. The van der Waals surface area contributed by atoms with Crippen LogP contribution in [0.5, 0.6) is 0 Å². The number of ketones is 1. The average molecular weight is 192 g/mol. The van der Waals surface area contributed by atoms with Crippen molar-refractivity contribution in [2.24, 2.45) is 0 Å². The van der Waals surface area contributed by atoms with E-state index in [1.54, 1.807) is 6.07 Å². The van der Waals surface area contributed by atoms with Gasteiger partial charge in [-0.15, -0.1) is 0 Å². The largest absolute Gasteiger partial charge is 0.388 e. The van der Waals surface area contributed by atoms with Crippen LogP contribution in [-0.2, 0) is 12.8 Å².